The standard InChI is InChI=1S/C18H22N4O4S.ClH/c1-26-13-4-2-3-12(11-14-17(24)20-18(25)27-14)16(13)22-9-7-21(8-10-22)15(23)5-6-19;/h2-4,11H,5-10,19H2,1H3,(H,20,24,25);1H. The molecule has 0 radical (unpaired) electrons. The first-order chi connectivity index (χ1) is 13.0. The van der Waals surface area contributed by atoms with Gasteiger partial charge >= 0.3 is 0 Å². The maximum absolute atomic E-state index is 12.0. The second-order valence-electron chi connectivity index (χ2n) is 6.16. The molecule has 3 rings (SSSR count). The maximum atomic E-state index is 12.0. The summed E-state index contributed by atoms with van der Waals surface area (Å²) in [6.07, 6.45) is 2.06. The van der Waals surface area contributed by atoms with Crippen LogP contribution in [0.2, 0.25) is 0 Å². The molecule has 0 atom stereocenters. The number of thioether (sulfide) groups is 1. The summed E-state index contributed by atoms with van der Waals surface area (Å²) in [6, 6.07) is 5.58. The number of methoxy groups -OCH3 is 1. The number of carbonyl (C=O) groups excluding carboxylic acids is 3. The molecule has 28 heavy (non-hydrogen) atoms. The van der Waals surface area contributed by atoms with Crippen LogP contribution in [0.5, 0.6) is 5.75 Å². The lowest BCUT2D eigenvalue weighted by Crippen LogP contribution is -2.49. The van der Waals surface area contributed by atoms with Gasteiger partial charge in [-0.1, -0.05) is 12.1 Å². The van der Waals surface area contributed by atoms with Gasteiger partial charge in [0, 0.05) is 44.7 Å². The number of piperazine rings is 1. The molecule has 152 valence electrons. The molecule has 8 nitrogen and oxygen atoms in total. The second-order valence-corrected chi connectivity index (χ2v) is 7.17. The molecule has 0 bridgehead atoms. The Bertz CT molecular complexity index is 794. The molecular weight excluding hydrogens is 404 g/mol. The zero-order valence-electron chi connectivity index (χ0n) is 15.5. The number of nitrogens with one attached hydrogen (secondary N) is 1. The quantitative estimate of drug-likeness (QED) is 0.686. The highest BCUT2D eigenvalue weighted by Crippen LogP contribution is 2.36. The Morgan fingerprint density at radius 3 is 2.57 bits per heavy atom. The highest BCUT2D eigenvalue weighted by molar-refractivity contribution is 8.18. The van der Waals surface area contributed by atoms with Gasteiger partial charge in [-0.3, -0.25) is 19.7 Å². The Morgan fingerprint density at radius 2 is 2.00 bits per heavy atom. The van der Waals surface area contributed by atoms with Gasteiger partial charge in [0.25, 0.3) is 11.1 Å². The molecule has 3 amide bonds. The number of nitrogens with zero attached hydrogens (tertiary/aromatic N) is 2. The number of carbonyl (C=O) groups is 3. The monoisotopic (exact) mass is 426 g/mol. The highest BCUT2D eigenvalue weighted by Gasteiger charge is 2.27. The van der Waals surface area contributed by atoms with E-state index in [1.54, 1.807) is 13.2 Å². The summed E-state index contributed by atoms with van der Waals surface area (Å²) in [5.74, 6) is 0.355. The van der Waals surface area contributed by atoms with E-state index in [0.29, 0.717) is 49.8 Å². The number of imide groups is 1. The van der Waals surface area contributed by atoms with Crippen LogP contribution in [0.1, 0.15) is 12.0 Å². The number of halogens is 1. The molecule has 0 unspecified atom stereocenters. The number of amides is 3. The Hall–Kier alpha value is -2.23. The van der Waals surface area contributed by atoms with Crippen molar-refractivity contribution in [2.24, 2.45) is 5.73 Å². The molecule has 0 aliphatic carbocycles. The summed E-state index contributed by atoms with van der Waals surface area (Å²) in [5, 5.41) is 1.89. The predicted molar refractivity (Wildman–Crippen MR) is 112 cm³/mol. The molecule has 2 heterocycles. The number of para-hydroxylation sites is 1. The van der Waals surface area contributed by atoms with Crippen molar-refractivity contribution in [1.29, 1.82) is 0 Å². The van der Waals surface area contributed by atoms with Gasteiger partial charge in [-0.05, 0) is 23.9 Å². The summed E-state index contributed by atoms with van der Waals surface area (Å²) in [5.41, 5.74) is 7.12. The fourth-order valence-corrected chi connectivity index (χ4v) is 3.86. The first kappa shape index (κ1) is 22.1. The molecule has 1 aromatic rings. The van der Waals surface area contributed by atoms with Gasteiger partial charge in [0.2, 0.25) is 5.91 Å². The number of anilines is 1. The average Bonchev–Trinajstić information content (AvgIpc) is 2.98. The van der Waals surface area contributed by atoms with Gasteiger partial charge in [0.1, 0.15) is 5.75 Å². The first-order valence-corrected chi connectivity index (χ1v) is 9.49. The minimum absolute atomic E-state index is 0. The Labute approximate surface area is 173 Å². The summed E-state index contributed by atoms with van der Waals surface area (Å²) >= 11 is 0.885. The van der Waals surface area contributed by atoms with E-state index in [1.165, 1.54) is 0 Å². The number of rotatable bonds is 5. The SMILES string of the molecule is COc1cccc(C=C2SC(=O)NC2=O)c1N1CCN(C(=O)CCN)CC1.Cl. The van der Waals surface area contributed by atoms with Crippen LogP contribution in [0.4, 0.5) is 10.5 Å². The van der Waals surface area contributed by atoms with Crippen LogP contribution in [0.25, 0.3) is 6.08 Å². The minimum Gasteiger partial charge on any atom is -0.495 e. The minimum atomic E-state index is -0.393. The third-order valence-corrected chi connectivity index (χ3v) is 5.30. The molecule has 2 aliphatic rings. The van der Waals surface area contributed by atoms with Gasteiger partial charge in [-0.25, -0.2) is 0 Å². The van der Waals surface area contributed by atoms with E-state index < -0.39 is 5.91 Å². The number of ether oxygens (including phenoxy) is 1. The second kappa shape index (κ2) is 9.81. The Balaban J connectivity index is 0.00000280. The molecule has 2 saturated heterocycles. The lowest BCUT2D eigenvalue weighted by Gasteiger charge is -2.37. The Kier molecular flexibility index (Phi) is 7.73. The van der Waals surface area contributed by atoms with Gasteiger partial charge in [-0.15, -0.1) is 12.4 Å². The number of hydrogen-bond acceptors (Lipinski definition) is 7. The van der Waals surface area contributed by atoms with Gasteiger partial charge < -0.3 is 20.3 Å². The van der Waals surface area contributed by atoms with Crippen LogP contribution in [0, 0.1) is 0 Å². The molecule has 0 saturated carbocycles. The summed E-state index contributed by atoms with van der Waals surface area (Å²) < 4.78 is 5.52. The van der Waals surface area contributed by atoms with Crippen LogP contribution in [-0.4, -0.2) is 61.8 Å². The molecule has 2 aliphatic heterocycles. The summed E-state index contributed by atoms with van der Waals surface area (Å²) in [6.45, 7) is 2.83. The van der Waals surface area contributed by atoms with Crippen molar-refractivity contribution in [3.05, 3.63) is 28.7 Å². The number of hydrogen-bond donors (Lipinski definition) is 2. The maximum Gasteiger partial charge on any atom is 0.290 e. The van der Waals surface area contributed by atoms with Crippen molar-refractivity contribution in [1.82, 2.24) is 10.2 Å². The fraction of sp³-hybridized carbons (Fsp3) is 0.389. The third-order valence-electron chi connectivity index (χ3n) is 4.49. The van der Waals surface area contributed by atoms with Crippen LogP contribution in [0.3, 0.4) is 0 Å². The van der Waals surface area contributed by atoms with Crippen LogP contribution < -0.4 is 20.7 Å². The van der Waals surface area contributed by atoms with E-state index >= 15 is 0 Å². The van der Waals surface area contributed by atoms with E-state index in [0.717, 1.165) is 23.0 Å². The molecule has 2 fully saturated rings. The largest absolute Gasteiger partial charge is 0.495 e. The van der Waals surface area contributed by atoms with Crippen molar-refractivity contribution >= 4 is 53.0 Å². The van der Waals surface area contributed by atoms with E-state index in [2.05, 4.69) is 10.2 Å². The smallest absolute Gasteiger partial charge is 0.290 e. The van der Waals surface area contributed by atoms with E-state index in [4.69, 9.17) is 10.5 Å². The van der Waals surface area contributed by atoms with E-state index in [9.17, 15) is 14.4 Å². The highest BCUT2D eigenvalue weighted by atomic mass is 35.5. The topological polar surface area (TPSA) is 105 Å². The zero-order valence-corrected chi connectivity index (χ0v) is 17.1. The van der Waals surface area contributed by atoms with E-state index in [1.807, 2.05) is 23.1 Å². The normalized spacial score (nSPS) is 18.1. The van der Waals surface area contributed by atoms with Crippen molar-refractivity contribution in [3.8, 4) is 5.75 Å². The lowest BCUT2D eigenvalue weighted by molar-refractivity contribution is -0.131. The van der Waals surface area contributed by atoms with Crippen molar-refractivity contribution in [2.75, 3.05) is 44.7 Å². The van der Waals surface area contributed by atoms with E-state index in [-0.39, 0.29) is 23.6 Å². The predicted octanol–water partition coefficient (Wildman–Crippen LogP) is 1.44. The number of benzene rings is 1. The Morgan fingerprint density at radius 1 is 1.29 bits per heavy atom. The van der Waals surface area contributed by atoms with Gasteiger partial charge in [0.05, 0.1) is 17.7 Å². The average molecular weight is 427 g/mol. The molecule has 0 aromatic heterocycles. The summed E-state index contributed by atoms with van der Waals surface area (Å²) in [4.78, 5) is 39.7. The number of nitrogens with two attached hydrogens (primary N) is 1. The van der Waals surface area contributed by atoms with Crippen LogP contribution in [-0.2, 0) is 9.59 Å². The fourth-order valence-electron chi connectivity index (χ4n) is 3.18. The van der Waals surface area contributed by atoms with Crippen LogP contribution in [0.15, 0.2) is 23.1 Å². The molecule has 3 N–H and O–H groups in total. The van der Waals surface area contributed by atoms with Gasteiger partial charge in [-0.2, -0.15) is 0 Å². The van der Waals surface area contributed by atoms with Gasteiger partial charge in [0.15, 0.2) is 0 Å². The molecule has 10 heteroatoms. The van der Waals surface area contributed by atoms with Crippen molar-refractivity contribution < 1.29 is 19.1 Å². The molecular formula is C18H23ClN4O4S. The first-order valence-electron chi connectivity index (χ1n) is 8.68. The molecule has 0 spiro atoms. The zero-order chi connectivity index (χ0) is 19.4. The van der Waals surface area contributed by atoms with Crippen molar-refractivity contribution in [2.45, 2.75) is 6.42 Å². The lowest BCUT2D eigenvalue weighted by atomic mass is 10.1. The molecule has 1 aromatic carbocycles. The third kappa shape index (κ3) is 4.78. The summed E-state index contributed by atoms with van der Waals surface area (Å²) in [7, 11) is 1.59. The van der Waals surface area contributed by atoms with Crippen LogP contribution >= 0.6 is 24.2 Å². The van der Waals surface area contributed by atoms with Crippen molar-refractivity contribution in [3.63, 3.8) is 0 Å².